The number of anilines is 1. The Kier molecular flexibility index (Phi) is 2.74. The van der Waals surface area contributed by atoms with Gasteiger partial charge in [-0.05, 0) is 24.5 Å². The Morgan fingerprint density at radius 1 is 1.39 bits per heavy atom. The van der Waals surface area contributed by atoms with Gasteiger partial charge in [0.05, 0.1) is 12.1 Å². The standard InChI is InChI=1S/C14H19N3O/c1-9-14(18)15-8-12(16-9)11-5-3-4-10-6-7-17(2)13(10)11/h3-5,9,12,16H,6-8H2,1-2H3,(H,15,18). The zero-order valence-corrected chi connectivity index (χ0v) is 10.9. The van der Waals surface area contributed by atoms with Crippen LogP contribution in [0.15, 0.2) is 18.2 Å². The van der Waals surface area contributed by atoms with Crippen LogP contribution in [0.5, 0.6) is 0 Å². The summed E-state index contributed by atoms with van der Waals surface area (Å²) in [5.74, 6) is 0.0900. The Labute approximate surface area is 107 Å². The highest BCUT2D eigenvalue weighted by Crippen LogP contribution is 2.34. The molecule has 0 spiro atoms. The van der Waals surface area contributed by atoms with Crippen molar-refractivity contribution in [3.05, 3.63) is 29.3 Å². The first-order chi connectivity index (χ1) is 8.66. The number of carbonyl (C=O) groups is 1. The van der Waals surface area contributed by atoms with Gasteiger partial charge in [-0.3, -0.25) is 10.1 Å². The molecule has 2 aliphatic rings. The molecule has 1 amide bonds. The fourth-order valence-electron chi connectivity index (χ4n) is 2.95. The molecule has 0 aliphatic carbocycles. The number of amides is 1. The lowest BCUT2D eigenvalue weighted by Gasteiger charge is -2.31. The summed E-state index contributed by atoms with van der Waals surface area (Å²) >= 11 is 0. The topological polar surface area (TPSA) is 44.4 Å². The number of nitrogens with one attached hydrogen (secondary N) is 2. The molecule has 2 unspecified atom stereocenters. The quantitative estimate of drug-likeness (QED) is 0.770. The second kappa shape index (κ2) is 4.28. The van der Waals surface area contributed by atoms with Crippen molar-refractivity contribution in [1.82, 2.24) is 10.6 Å². The van der Waals surface area contributed by atoms with Crippen LogP contribution in [0.1, 0.15) is 24.1 Å². The van der Waals surface area contributed by atoms with Gasteiger partial charge < -0.3 is 10.2 Å². The lowest BCUT2D eigenvalue weighted by Crippen LogP contribution is -2.53. The van der Waals surface area contributed by atoms with Gasteiger partial charge in [0.1, 0.15) is 0 Å². The van der Waals surface area contributed by atoms with Gasteiger partial charge >= 0.3 is 0 Å². The second-order valence-corrected chi connectivity index (χ2v) is 5.21. The van der Waals surface area contributed by atoms with Crippen molar-refractivity contribution in [2.24, 2.45) is 0 Å². The van der Waals surface area contributed by atoms with Crippen molar-refractivity contribution in [1.29, 1.82) is 0 Å². The lowest BCUT2D eigenvalue weighted by molar-refractivity contribution is -0.124. The fraction of sp³-hybridized carbons (Fsp3) is 0.500. The largest absolute Gasteiger partial charge is 0.374 e. The summed E-state index contributed by atoms with van der Waals surface area (Å²) < 4.78 is 0. The summed E-state index contributed by atoms with van der Waals surface area (Å²) in [6, 6.07) is 6.59. The maximum absolute atomic E-state index is 11.5. The van der Waals surface area contributed by atoms with Crippen LogP contribution in [-0.4, -0.2) is 32.1 Å². The van der Waals surface area contributed by atoms with E-state index in [4.69, 9.17) is 0 Å². The van der Waals surface area contributed by atoms with Crippen LogP contribution in [0.25, 0.3) is 0 Å². The number of rotatable bonds is 1. The summed E-state index contributed by atoms with van der Waals surface area (Å²) in [7, 11) is 2.14. The van der Waals surface area contributed by atoms with E-state index in [0.717, 1.165) is 13.0 Å². The Balaban J connectivity index is 1.94. The third kappa shape index (κ3) is 1.77. The van der Waals surface area contributed by atoms with E-state index < -0.39 is 0 Å². The monoisotopic (exact) mass is 245 g/mol. The van der Waals surface area contributed by atoms with Crippen LogP contribution in [0.4, 0.5) is 5.69 Å². The summed E-state index contributed by atoms with van der Waals surface area (Å²) in [5, 5.41) is 6.36. The molecule has 2 atom stereocenters. The first-order valence-electron chi connectivity index (χ1n) is 6.53. The number of para-hydroxylation sites is 1. The molecule has 3 rings (SSSR count). The van der Waals surface area contributed by atoms with E-state index in [1.807, 2.05) is 6.92 Å². The van der Waals surface area contributed by atoms with E-state index in [0.29, 0.717) is 6.54 Å². The molecule has 4 heteroatoms. The van der Waals surface area contributed by atoms with Crippen LogP contribution >= 0.6 is 0 Å². The van der Waals surface area contributed by atoms with Crippen molar-refractivity contribution in [3.8, 4) is 0 Å². The summed E-state index contributed by atoms with van der Waals surface area (Å²) in [4.78, 5) is 13.8. The normalized spacial score (nSPS) is 27.0. The first kappa shape index (κ1) is 11.5. The highest BCUT2D eigenvalue weighted by molar-refractivity contribution is 5.82. The minimum absolute atomic E-state index is 0.0900. The van der Waals surface area contributed by atoms with Gasteiger partial charge in [0.2, 0.25) is 5.91 Å². The van der Waals surface area contributed by atoms with Gasteiger partial charge in [-0.25, -0.2) is 0 Å². The van der Waals surface area contributed by atoms with E-state index >= 15 is 0 Å². The van der Waals surface area contributed by atoms with Gasteiger partial charge in [0.25, 0.3) is 0 Å². The molecule has 1 saturated heterocycles. The fourth-order valence-corrected chi connectivity index (χ4v) is 2.95. The number of nitrogens with zero attached hydrogens (tertiary/aromatic N) is 1. The molecule has 2 aliphatic heterocycles. The van der Waals surface area contributed by atoms with Crippen LogP contribution in [-0.2, 0) is 11.2 Å². The van der Waals surface area contributed by atoms with Crippen molar-refractivity contribution >= 4 is 11.6 Å². The zero-order valence-electron chi connectivity index (χ0n) is 10.9. The molecule has 0 saturated carbocycles. The van der Waals surface area contributed by atoms with E-state index in [1.165, 1.54) is 16.8 Å². The van der Waals surface area contributed by atoms with Gasteiger partial charge in [-0.2, -0.15) is 0 Å². The Bertz CT molecular complexity index is 486. The highest BCUT2D eigenvalue weighted by Gasteiger charge is 2.29. The van der Waals surface area contributed by atoms with Gasteiger partial charge in [0, 0.05) is 25.8 Å². The van der Waals surface area contributed by atoms with Gasteiger partial charge in [-0.1, -0.05) is 18.2 Å². The minimum atomic E-state index is -0.119. The third-order valence-corrected chi connectivity index (χ3v) is 3.95. The molecule has 96 valence electrons. The van der Waals surface area contributed by atoms with E-state index in [1.54, 1.807) is 0 Å². The van der Waals surface area contributed by atoms with Crippen LogP contribution in [0.2, 0.25) is 0 Å². The molecule has 4 nitrogen and oxygen atoms in total. The average Bonchev–Trinajstić information content (AvgIpc) is 2.75. The van der Waals surface area contributed by atoms with Gasteiger partial charge in [0.15, 0.2) is 0 Å². The molecule has 1 aromatic rings. The summed E-state index contributed by atoms with van der Waals surface area (Å²) in [6.45, 7) is 3.67. The lowest BCUT2D eigenvalue weighted by atomic mass is 9.98. The molecule has 2 N–H and O–H groups in total. The molecular weight excluding hydrogens is 226 g/mol. The molecule has 1 fully saturated rings. The Morgan fingerprint density at radius 3 is 3.00 bits per heavy atom. The van der Waals surface area contributed by atoms with Crippen LogP contribution in [0.3, 0.4) is 0 Å². The number of carbonyl (C=O) groups excluding carboxylic acids is 1. The molecule has 0 bridgehead atoms. The van der Waals surface area contributed by atoms with E-state index in [-0.39, 0.29) is 18.0 Å². The summed E-state index contributed by atoms with van der Waals surface area (Å²) in [6.07, 6.45) is 1.12. The number of piperazine rings is 1. The minimum Gasteiger partial charge on any atom is -0.374 e. The molecule has 0 radical (unpaired) electrons. The molecule has 0 aromatic heterocycles. The maximum Gasteiger partial charge on any atom is 0.236 e. The number of likely N-dealkylation sites (N-methyl/N-ethyl adjacent to an activating group) is 1. The number of hydrogen-bond donors (Lipinski definition) is 2. The SMILES string of the molecule is CC1NC(c2cccc3c2N(C)CC3)CNC1=O. The van der Waals surface area contributed by atoms with Crippen molar-refractivity contribution in [3.63, 3.8) is 0 Å². The number of benzene rings is 1. The highest BCUT2D eigenvalue weighted by atomic mass is 16.2. The van der Waals surface area contributed by atoms with Gasteiger partial charge in [-0.15, -0.1) is 0 Å². The summed E-state index contributed by atoms with van der Waals surface area (Å²) in [5.41, 5.74) is 4.07. The van der Waals surface area contributed by atoms with E-state index in [9.17, 15) is 4.79 Å². The van der Waals surface area contributed by atoms with Crippen LogP contribution in [0, 0.1) is 0 Å². The zero-order chi connectivity index (χ0) is 12.7. The predicted octanol–water partition coefficient (Wildman–Crippen LogP) is 0.828. The number of hydrogen-bond acceptors (Lipinski definition) is 3. The maximum atomic E-state index is 11.5. The first-order valence-corrected chi connectivity index (χ1v) is 6.53. The second-order valence-electron chi connectivity index (χ2n) is 5.21. The van der Waals surface area contributed by atoms with Crippen molar-refractivity contribution in [2.75, 3.05) is 25.0 Å². The Morgan fingerprint density at radius 2 is 2.22 bits per heavy atom. The molecule has 1 aromatic carbocycles. The van der Waals surface area contributed by atoms with Crippen molar-refractivity contribution in [2.45, 2.75) is 25.4 Å². The molecular formula is C14H19N3O. The molecule has 18 heavy (non-hydrogen) atoms. The van der Waals surface area contributed by atoms with E-state index in [2.05, 4.69) is 40.8 Å². The number of fused-ring (bicyclic) bond motifs is 1. The average molecular weight is 245 g/mol. The smallest absolute Gasteiger partial charge is 0.236 e. The molecule has 2 heterocycles. The Hall–Kier alpha value is -1.55. The van der Waals surface area contributed by atoms with Crippen molar-refractivity contribution < 1.29 is 4.79 Å². The van der Waals surface area contributed by atoms with Crippen LogP contribution < -0.4 is 15.5 Å². The third-order valence-electron chi connectivity index (χ3n) is 3.95. The predicted molar refractivity (Wildman–Crippen MR) is 71.8 cm³/mol.